The molecule has 0 aliphatic heterocycles. The van der Waals surface area contributed by atoms with Crippen molar-refractivity contribution in [1.29, 1.82) is 0 Å². The fraction of sp³-hybridized carbons (Fsp3) is 0.269. The zero-order chi connectivity index (χ0) is 24.1. The van der Waals surface area contributed by atoms with Crippen LogP contribution in [-0.4, -0.2) is 35.7 Å². The van der Waals surface area contributed by atoms with E-state index in [9.17, 15) is 14.4 Å². The molecular formula is C26H26N2O5S. The minimum atomic E-state index is -1.04. The van der Waals surface area contributed by atoms with Gasteiger partial charge in [-0.1, -0.05) is 54.6 Å². The average molecular weight is 479 g/mol. The summed E-state index contributed by atoms with van der Waals surface area (Å²) in [4.78, 5) is 37.5. The van der Waals surface area contributed by atoms with Gasteiger partial charge in [-0.2, -0.15) is 0 Å². The molecule has 2 unspecified atom stereocenters. The van der Waals surface area contributed by atoms with Crippen molar-refractivity contribution >= 4 is 29.3 Å². The number of thiophene rings is 1. The molecule has 3 N–H and O–H groups in total. The molecule has 2 aromatic carbocycles. The number of carbonyl (C=O) groups excluding carboxylic acids is 2. The zero-order valence-corrected chi connectivity index (χ0v) is 19.5. The van der Waals surface area contributed by atoms with E-state index in [1.54, 1.807) is 0 Å². The first-order chi connectivity index (χ1) is 16.4. The van der Waals surface area contributed by atoms with E-state index in [4.69, 9.17) is 9.84 Å². The van der Waals surface area contributed by atoms with Crippen molar-refractivity contribution in [3.63, 3.8) is 0 Å². The van der Waals surface area contributed by atoms with E-state index in [0.29, 0.717) is 0 Å². The number of aliphatic carboxylic acids is 1. The lowest BCUT2D eigenvalue weighted by atomic mass is 9.98. The molecule has 1 heterocycles. The SMILES string of the molecule is CC(NC(=O)C(CCC(=O)O)NC(=O)OCC1c2ccccc2-c2ccccc21)c1cccs1. The molecule has 0 spiro atoms. The first kappa shape index (κ1) is 23.5. The van der Waals surface area contributed by atoms with Crippen molar-refractivity contribution in [1.82, 2.24) is 10.6 Å². The van der Waals surface area contributed by atoms with Crippen LogP contribution in [0, 0.1) is 0 Å². The monoisotopic (exact) mass is 478 g/mol. The van der Waals surface area contributed by atoms with Crippen molar-refractivity contribution < 1.29 is 24.2 Å². The highest BCUT2D eigenvalue weighted by Crippen LogP contribution is 2.44. The maximum atomic E-state index is 12.8. The fourth-order valence-electron chi connectivity index (χ4n) is 4.24. The second-order valence-corrected chi connectivity index (χ2v) is 9.18. The number of rotatable bonds is 9. The van der Waals surface area contributed by atoms with E-state index in [0.717, 1.165) is 27.1 Å². The number of ether oxygens (including phenoxy) is 1. The number of hydrogen-bond acceptors (Lipinski definition) is 5. The lowest BCUT2D eigenvalue weighted by molar-refractivity contribution is -0.137. The number of amides is 2. The maximum Gasteiger partial charge on any atom is 0.407 e. The van der Waals surface area contributed by atoms with Crippen LogP contribution in [0.4, 0.5) is 4.79 Å². The van der Waals surface area contributed by atoms with Crippen LogP contribution in [-0.2, 0) is 14.3 Å². The van der Waals surface area contributed by atoms with Gasteiger partial charge in [-0.05, 0) is 47.0 Å². The number of carboxylic acid groups (broad SMARTS) is 1. The van der Waals surface area contributed by atoms with Gasteiger partial charge in [0.05, 0.1) is 6.04 Å². The predicted molar refractivity (Wildman–Crippen MR) is 130 cm³/mol. The Balaban J connectivity index is 1.41. The molecule has 1 aromatic heterocycles. The van der Waals surface area contributed by atoms with Crippen molar-refractivity contribution in [3.8, 4) is 11.1 Å². The van der Waals surface area contributed by atoms with Gasteiger partial charge >= 0.3 is 12.1 Å². The summed E-state index contributed by atoms with van der Waals surface area (Å²) in [5, 5.41) is 16.4. The number of benzene rings is 2. The van der Waals surface area contributed by atoms with Crippen LogP contribution in [0.15, 0.2) is 66.0 Å². The number of nitrogens with one attached hydrogen (secondary N) is 2. The van der Waals surface area contributed by atoms with Crippen molar-refractivity contribution in [2.45, 2.75) is 37.8 Å². The smallest absolute Gasteiger partial charge is 0.407 e. The summed E-state index contributed by atoms with van der Waals surface area (Å²) in [5.41, 5.74) is 4.41. The van der Waals surface area contributed by atoms with Gasteiger partial charge in [-0.15, -0.1) is 11.3 Å². The Morgan fingerprint density at radius 2 is 1.62 bits per heavy atom. The van der Waals surface area contributed by atoms with E-state index in [1.165, 1.54) is 11.3 Å². The van der Waals surface area contributed by atoms with E-state index >= 15 is 0 Å². The summed E-state index contributed by atoms with van der Waals surface area (Å²) < 4.78 is 5.53. The molecule has 0 radical (unpaired) electrons. The summed E-state index contributed by atoms with van der Waals surface area (Å²) in [6.07, 6.45) is -1.05. The van der Waals surface area contributed by atoms with Crippen LogP contribution in [0.2, 0.25) is 0 Å². The topological polar surface area (TPSA) is 105 Å². The van der Waals surface area contributed by atoms with Crippen LogP contribution in [0.25, 0.3) is 11.1 Å². The molecule has 176 valence electrons. The Hall–Kier alpha value is -3.65. The van der Waals surface area contributed by atoms with Gasteiger partial charge < -0.3 is 20.5 Å². The number of carboxylic acids is 1. The third kappa shape index (κ3) is 5.28. The molecule has 0 fully saturated rings. The predicted octanol–water partition coefficient (Wildman–Crippen LogP) is 4.70. The van der Waals surface area contributed by atoms with Gasteiger partial charge in [-0.3, -0.25) is 9.59 Å². The largest absolute Gasteiger partial charge is 0.481 e. The van der Waals surface area contributed by atoms with Gasteiger partial charge in [0.2, 0.25) is 5.91 Å². The molecular weight excluding hydrogens is 452 g/mol. The van der Waals surface area contributed by atoms with Crippen LogP contribution in [0.1, 0.15) is 47.7 Å². The summed E-state index contributed by atoms with van der Waals surface area (Å²) in [6.45, 7) is 1.95. The average Bonchev–Trinajstić information content (AvgIpc) is 3.47. The standard InChI is InChI=1S/C26H26N2O5S/c1-16(23-11-6-14-34-23)27-25(31)22(12-13-24(29)30)28-26(32)33-15-21-19-9-4-2-7-17(19)18-8-3-5-10-20(18)21/h2-11,14,16,21-22H,12-13,15H2,1H3,(H,27,31)(H,28,32)(H,29,30). The Bertz CT molecular complexity index is 1130. The minimum Gasteiger partial charge on any atom is -0.481 e. The summed E-state index contributed by atoms with van der Waals surface area (Å²) in [5.74, 6) is -1.60. The molecule has 2 amide bonds. The van der Waals surface area contributed by atoms with Crippen LogP contribution in [0.5, 0.6) is 0 Å². The van der Waals surface area contributed by atoms with E-state index in [1.807, 2.05) is 60.8 Å². The maximum absolute atomic E-state index is 12.8. The first-order valence-corrected chi connectivity index (χ1v) is 12.0. The highest BCUT2D eigenvalue weighted by atomic mass is 32.1. The van der Waals surface area contributed by atoms with E-state index < -0.39 is 24.0 Å². The number of alkyl carbamates (subject to hydrolysis) is 1. The molecule has 0 bridgehead atoms. The molecule has 2 atom stereocenters. The first-order valence-electron chi connectivity index (χ1n) is 11.1. The van der Waals surface area contributed by atoms with Crippen molar-refractivity contribution in [3.05, 3.63) is 82.0 Å². The van der Waals surface area contributed by atoms with E-state index in [2.05, 4.69) is 22.8 Å². The quantitative estimate of drug-likeness (QED) is 0.414. The summed E-state index contributed by atoms with van der Waals surface area (Å²) in [7, 11) is 0. The summed E-state index contributed by atoms with van der Waals surface area (Å²) in [6, 6.07) is 18.5. The second kappa shape index (κ2) is 10.5. The molecule has 8 heteroatoms. The van der Waals surface area contributed by atoms with Gasteiger partial charge in [-0.25, -0.2) is 4.79 Å². The van der Waals surface area contributed by atoms with Gasteiger partial charge in [0, 0.05) is 17.2 Å². The highest BCUT2D eigenvalue weighted by molar-refractivity contribution is 7.10. The van der Waals surface area contributed by atoms with Crippen LogP contribution < -0.4 is 10.6 Å². The Morgan fingerprint density at radius 3 is 2.21 bits per heavy atom. The van der Waals surface area contributed by atoms with Crippen molar-refractivity contribution in [2.75, 3.05) is 6.61 Å². The molecule has 34 heavy (non-hydrogen) atoms. The number of fused-ring (bicyclic) bond motifs is 3. The normalized spacial score (nSPS) is 13.9. The highest BCUT2D eigenvalue weighted by Gasteiger charge is 2.30. The minimum absolute atomic E-state index is 0.0392. The van der Waals surface area contributed by atoms with Crippen LogP contribution in [0.3, 0.4) is 0 Å². The fourth-order valence-corrected chi connectivity index (χ4v) is 4.98. The van der Waals surface area contributed by atoms with Gasteiger partial charge in [0.15, 0.2) is 0 Å². The zero-order valence-electron chi connectivity index (χ0n) is 18.7. The van der Waals surface area contributed by atoms with E-state index in [-0.39, 0.29) is 31.4 Å². The Labute approximate surface area is 201 Å². The third-order valence-corrected chi connectivity index (χ3v) is 6.98. The van der Waals surface area contributed by atoms with Gasteiger partial charge in [0.1, 0.15) is 12.6 Å². The molecule has 1 aliphatic carbocycles. The van der Waals surface area contributed by atoms with Gasteiger partial charge in [0.25, 0.3) is 0 Å². The third-order valence-electron chi connectivity index (χ3n) is 5.93. The van der Waals surface area contributed by atoms with Crippen molar-refractivity contribution in [2.24, 2.45) is 0 Å². The molecule has 4 rings (SSSR count). The molecule has 3 aromatic rings. The second-order valence-electron chi connectivity index (χ2n) is 8.20. The lowest BCUT2D eigenvalue weighted by Gasteiger charge is -2.21. The molecule has 7 nitrogen and oxygen atoms in total. The number of hydrogen-bond donors (Lipinski definition) is 3. The Morgan fingerprint density at radius 1 is 0.971 bits per heavy atom. The lowest BCUT2D eigenvalue weighted by Crippen LogP contribution is -2.47. The summed E-state index contributed by atoms with van der Waals surface area (Å²) >= 11 is 1.51. The molecule has 0 saturated carbocycles. The Kier molecular flexibility index (Phi) is 7.27. The molecule has 0 saturated heterocycles. The molecule has 1 aliphatic rings. The van der Waals surface area contributed by atoms with Crippen LogP contribution >= 0.6 is 11.3 Å². The number of carbonyl (C=O) groups is 3.